The van der Waals surface area contributed by atoms with Crippen molar-refractivity contribution < 1.29 is 13.9 Å². The zero-order valence-electron chi connectivity index (χ0n) is 18.4. The van der Waals surface area contributed by atoms with Gasteiger partial charge in [-0.3, -0.25) is 4.79 Å². The molecule has 0 saturated heterocycles. The Kier molecular flexibility index (Phi) is 9.04. The fourth-order valence-electron chi connectivity index (χ4n) is 3.95. The Morgan fingerprint density at radius 1 is 0.839 bits per heavy atom. The predicted molar refractivity (Wildman–Crippen MR) is 125 cm³/mol. The monoisotopic (exact) mass is 421 g/mol. The Balaban J connectivity index is 1.57. The number of rotatable bonds is 12. The third-order valence-electron chi connectivity index (χ3n) is 5.79. The second kappa shape index (κ2) is 12.2. The lowest BCUT2D eigenvalue weighted by Gasteiger charge is -2.23. The van der Waals surface area contributed by atoms with Gasteiger partial charge in [-0.05, 0) is 66.3 Å². The maximum atomic E-state index is 13.2. The largest absolute Gasteiger partial charge is 0.469 e. The minimum atomic E-state index is -0.192. The van der Waals surface area contributed by atoms with Gasteiger partial charge >= 0.3 is 5.97 Å². The number of esters is 1. The van der Waals surface area contributed by atoms with Gasteiger partial charge < -0.3 is 9.64 Å². The van der Waals surface area contributed by atoms with Crippen LogP contribution in [-0.4, -0.2) is 37.6 Å². The first-order valence-corrected chi connectivity index (χ1v) is 11.2. The van der Waals surface area contributed by atoms with Crippen LogP contribution in [0.1, 0.15) is 36.8 Å². The summed E-state index contributed by atoms with van der Waals surface area (Å²) >= 11 is 0. The molecule has 0 saturated carbocycles. The predicted octanol–water partition coefficient (Wildman–Crippen LogP) is 5.80. The van der Waals surface area contributed by atoms with Gasteiger partial charge in [0.25, 0.3) is 0 Å². The highest BCUT2D eigenvalue weighted by Crippen LogP contribution is 2.19. The molecule has 31 heavy (non-hydrogen) atoms. The summed E-state index contributed by atoms with van der Waals surface area (Å²) in [6.45, 7) is 2.91. The van der Waals surface area contributed by atoms with Gasteiger partial charge in [0.15, 0.2) is 0 Å². The number of benzene rings is 3. The Bertz CT molecular complexity index is 950. The summed E-state index contributed by atoms with van der Waals surface area (Å²) in [5, 5.41) is 2.60. The molecule has 3 aromatic rings. The molecule has 0 aromatic heterocycles. The molecular weight excluding hydrogens is 389 g/mol. The molecule has 0 fully saturated rings. The highest BCUT2D eigenvalue weighted by Gasteiger charge is 2.09. The van der Waals surface area contributed by atoms with Crippen molar-refractivity contribution in [1.29, 1.82) is 0 Å². The fourth-order valence-corrected chi connectivity index (χ4v) is 3.95. The van der Waals surface area contributed by atoms with Crippen molar-refractivity contribution in [2.75, 3.05) is 26.7 Å². The second-order valence-corrected chi connectivity index (χ2v) is 7.99. The molecule has 0 atom stereocenters. The van der Waals surface area contributed by atoms with E-state index in [4.69, 9.17) is 4.74 Å². The highest BCUT2D eigenvalue weighted by molar-refractivity contribution is 5.85. The van der Waals surface area contributed by atoms with Crippen molar-refractivity contribution in [3.8, 4) is 0 Å². The summed E-state index contributed by atoms with van der Waals surface area (Å²) < 4.78 is 17.9. The Morgan fingerprint density at radius 2 is 1.58 bits per heavy atom. The lowest BCUT2D eigenvalue weighted by Crippen LogP contribution is -2.29. The maximum absolute atomic E-state index is 13.2. The molecule has 0 amide bonds. The average molecular weight is 422 g/mol. The SMILES string of the molecule is COC(=O)CCCCCN(CCc1ccc(F)cc1)CCc1cccc2ccccc12. The molecule has 0 aliphatic carbocycles. The smallest absolute Gasteiger partial charge is 0.305 e. The summed E-state index contributed by atoms with van der Waals surface area (Å²) in [4.78, 5) is 13.8. The molecule has 0 N–H and O–H groups in total. The lowest BCUT2D eigenvalue weighted by atomic mass is 10.0. The first kappa shape index (κ1) is 23.0. The van der Waals surface area contributed by atoms with Gasteiger partial charge in [-0.1, -0.05) is 61.0 Å². The minimum Gasteiger partial charge on any atom is -0.469 e. The van der Waals surface area contributed by atoms with Crippen LogP contribution in [0.4, 0.5) is 4.39 Å². The maximum Gasteiger partial charge on any atom is 0.305 e. The van der Waals surface area contributed by atoms with E-state index in [0.29, 0.717) is 6.42 Å². The summed E-state index contributed by atoms with van der Waals surface area (Å²) in [6, 6.07) is 21.8. The second-order valence-electron chi connectivity index (χ2n) is 7.99. The Labute approximate surface area is 184 Å². The van der Waals surface area contributed by atoms with Crippen molar-refractivity contribution in [3.05, 3.63) is 83.7 Å². The van der Waals surface area contributed by atoms with Crippen LogP contribution in [0.25, 0.3) is 10.8 Å². The lowest BCUT2D eigenvalue weighted by molar-refractivity contribution is -0.140. The molecule has 0 radical (unpaired) electrons. The fraction of sp³-hybridized carbons (Fsp3) is 0.370. The number of halogens is 1. The van der Waals surface area contributed by atoms with Crippen LogP contribution in [0.2, 0.25) is 0 Å². The van der Waals surface area contributed by atoms with Crippen molar-refractivity contribution in [3.63, 3.8) is 0 Å². The van der Waals surface area contributed by atoms with Gasteiger partial charge in [-0.15, -0.1) is 0 Å². The van der Waals surface area contributed by atoms with Crippen molar-refractivity contribution in [2.45, 2.75) is 38.5 Å². The Hall–Kier alpha value is -2.72. The number of carbonyl (C=O) groups excluding carboxylic acids is 1. The zero-order chi connectivity index (χ0) is 21.9. The average Bonchev–Trinajstić information content (AvgIpc) is 2.81. The first-order valence-electron chi connectivity index (χ1n) is 11.2. The number of nitrogens with zero attached hydrogens (tertiary/aromatic N) is 1. The highest BCUT2D eigenvalue weighted by atomic mass is 19.1. The summed E-state index contributed by atoms with van der Waals surface area (Å²) in [7, 11) is 1.44. The van der Waals surface area contributed by atoms with Crippen LogP contribution in [0.5, 0.6) is 0 Å². The molecule has 3 aromatic carbocycles. The molecule has 3 rings (SSSR count). The van der Waals surface area contributed by atoms with E-state index in [9.17, 15) is 9.18 Å². The normalized spacial score (nSPS) is 11.2. The van der Waals surface area contributed by atoms with E-state index in [1.165, 1.54) is 35.6 Å². The first-order chi connectivity index (χ1) is 15.2. The molecule has 4 heteroatoms. The van der Waals surface area contributed by atoms with Gasteiger partial charge in [0.2, 0.25) is 0 Å². The summed E-state index contributed by atoms with van der Waals surface area (Å²) in [5.41, 5.74) is 2.53. The van der Waals surface area contributed by atoms with Gasteiger partial charge in [0.05, 0.1) is 7.11 Å². The molecule has 0 unspecified atom stereocenters. The van der Waals surface area contributed by atoms with Gasteiger partial charge in [0, 0.05) is 19.5 Å². The number of carbonyl (C=O) groups is 1. The molecular formula is C27H32FNO2. The molecule has 164 valence electrons. The van der Waals surface area contributed by atoms with Gasteiger partial charge in [-0.2, -0.15) is 0 Å². The molecule has 3 nitrogen and oxygen atoms in total. The van der Waals surface area contributed by atoms with Crippen LogP contribution in [0, 0.1) is 5.82 Å². The van der Waals surface area contributed by atoms with Crippen molar-refractivity contribution >= 4 is 16.7 Å². The topological polar surface area (TPSA) is 29.5 Å². The van der Waals surface area contributed by atoms with Crippen LogP contribution in [-0.2, 0) is 22.4 Å². The van der Waals surface area contributed by atoms with E-state index in [2.05, 4.69) is 47.4 Å². The molecule has 0 aliphatic rings. The molecule has 0 heterocycles. The van der Waals surface area contributed by atoms with E-state index < -0.39 is 0 Å². The van der Waals surface area contributed by atoms with Gasteiger partial charge in [-0.25, -0.2) is 4.39 Å². The minimum absolute atomic E-state index is 0.135. The van der Waals surface area contributed by atoms with E-state index in [1.807, 2.05) is 12.1 Å². The number of hydrogen-bond donors (Lipinski definition) is 0. The van der Waals surface area contributed by atoms with E-state index in [-0.39, 0.29) is 11.8 Å². The zero-order valence-corrected chi connectivity index (χ0v) is 18.4. The number of hydrogen-bond acceptors (Lipinski definition) is 3. The van der Waals surface area contributed by atoms with E-state index in [1.54, 1.807) is 0 Å². The molecule has 0 aliphatic heterocycles. The third kappa shape index (κ3) is 7.48. The van der Waals surface area contributed by atoms with Crippen molar-refractivity contribution in [1.82, 2.24) is 4.90 Å². The van der Waals surface area contributed by atoms with E-state index in [0.717, 1.165) is 57.3 Å². The number of ether oxygens (including phenoxy) is 1. The van der Waals surface area contributed by atoms with Crippen LogP contribution >= 0.6 is 0 Å². The standard InChI is InChI=1S/C27H32FNO2/c1-31-27(30)12-3-2-6-19-29(20-17-22-13-15-25(28)16-14-22)21-18-24-10-7-9-23-8-4-5-11-26(23)24/h4-5,7-11,13-16H,2-3,6,12,17-21H2,1H3. The van der Waals surface area contributed by atoms with E-state index >= 15 is 0 Å². The summed E-state index contributed by atoms with van der Waals surface area (Å²) in [6.07, 6.45) is 5.31. The number of fused-ring (bicyclic) bond motifs is 1. The quantitative estimate of drug-likeness (QED) is 0.273. The van der Waals surface area contributed by atoms with Crippen LogP contribution < -0.4 is 0 Å². The van der Waals surface area contributed by atoms with Crippen LogP contribution in [0.3, 0.4) is 0 Å². The van der Waals surface area contributed by atoms with Crippen molar-refractivity contribution in [2.24, 2.45) is 0 Å². The number of methoxy groups -OCH3 is 1. The summed E-state index contributed by atoms with van der Waals surface area (Å²) in [5.74, 6) is -0.328. The third-order valence-corrected chi connectivity index (χ3v) is 5.79. The van der Waals surface area contributed by atoms with Gasteiger partial charge in [0.1, 0.15) is 5.82 Å². The molecule has 0 spiro atoms. The molecule has 0 bridgehead atoms. The number of unbranched alkanes of at least 4 members (excludes halogenated alkanes) is 2. The van der Waals surface area contributed by atoms with Crippen LogP contribution in [0.15, 0.2) is 66.7 Å². The Morgan fingerprint density at radius 3 is 2.39 bits per heavy atom.